The summed E-state index contributed by atoms with van der Waals surface area (Å²) in [6.45, 7) is 2.70. The molecule has 1 aromatic heterocycles. The van der Waals surface area contributed by atoms with Crippen molar-refractivity contribution in [3.05, 3.63) is 77.8 Å². The molecule has 3 aromatic rings. The molecular weight excluding hydrogens is 462 g/mol. The molecule has 3 rings (SSSR count). The molecule has 2 amide bonds. The second-order valence-electron chi connectivity index (χ2n) is 8.32. The number of carboxylic acids is 1. The molecule has 1 unspecified atom stereocenters. The molecule has 0 fully saturated rings. The lowest BCUT2D eigenvalue weighted by Gasteiger charge is -2.17. The van der Waals surface area contributed by atoms with Gasteiger partial charge in [-0.15, -0.1) is 0 Å². The highest BCUT2D eigenvalue weighted by Gasteiger charge is 2.24. The molecular formula is C27H31N3O6. The standard InChI is InChI=1S/C27H31N3O6/c1-2-3-4-8-15-28-25(31)22(30-27(34)35-18-19-9-6-5-7-10-19)16-24-29-17-23(36-24)20-11-13-21(14-12-20)26(32)33/h5-7,9-14,17,22H,2-4,8,15-16,18H2,1H3,(H,28,31)(H,30,34)(H,32,33). The molecule has 0 bridgehead atoms. The average molecular weight is 494 g/mol. The Morgan fingerprint density at radius 1 is 1.03 bits per heavy atom. The van der Waals surface area contributed by atoms with Crippen LogP contribution >= 0.6 is 0 Å². The van der Waals surface area contributed by atoms with Gasteiger partial charge >= 0.3 is 12.1 Å². The number of unbranched alkanes of at least 4 members (excludes halogenated alkanes) is 3. The van der Waals surface area contributed by atoms with Gasteiger partial charge in [-0.3, -0.25) is 4.79 Å². The van der Waals surface area contributed by atoms with Gasteiger partial charge in [0.2, 0.25) is 5.91 Å². The minimum atomic E-state index is -1.02. The Labute approximate surface area is 209 Å². The number of hydrogen-bond donors (Lipinski definition) is 3. The summed E-state index contributed by atoms with van der Waals surface area (Å²) in [6.07, 6.45) is 4.85. The summed E-state index contributed by atoms with van der Waals surface area (Å²) in [5.74, 6) is -0.698. The fourth-order valence-electron chi connectivity index (χ4n) is 3.49. The lowest BCUT2D eigenvalue weighted by atomic mass is 10.1. The van der Waals surface area contributed by atoms with Gasteiger partial charge in [-0.25, -0.2) is 14.6 Å². The van der Waals surface area contributed by atoms with Crippen LogP contribution in [0.2, 0.25) is 0 Å². The molecule has 0 saturated carbocycles. The first kappa shape index (κ1) is 26.5. The molecule has 9 nitrogen and oxygen atoms in total. The van der Waals surface area contributed by atoms with E-state index in [0.29, 0.717) is 17.9 Å². The van der Waals surface area contributed by atoms with Crippen molar-refractivity contribution in [2.75, 3.05) is 6.54 Å². The number of rotatable bonds is 13. The number of alkyl carbamates (subject to hydrolysis) is 1. The van der Waals surface area contributed by atoms with Crippen LogP contribution in [-0.4, -0.2) is 40.6 Å². The summed E-state index contributed by atoms with van der Waals surface area (Å²) in [6, 6.07) is 14.5. The van der Waals surface area contributed by atoms with Crippen LogP contribution in [0.1, 0.15) is 54.4 Å². The van der Waals surface area contributed by atoms with Crippen LogP contribution in [0.25, 0.3) is 11.3 Å². The average Bonchev–Trinajstić information content (AvgIpc) is 3.36. The summed E-state index contributed by atoms with van der Waals surface area (Å²) in [5, 5.41) is 14.5. The zero-order valence-electron chi connectivity index (χ0n) is 20.2. The third-order valence-corrected chi connectivity index (χ3v) is 5.50. The number of hydrogen-bond acceptors (Lipinski definition) is 6. The lowest BCUT2D eigenvalue weighted by molar-refractivity contribution is -0.123. The summed E-state index contributed by atoms with van der Waals surface area (Å²) < 4.78 is 11.1. The Kier molecular flexibility index (Phi) is 10.1. The zero-order valence-corrected chi connectivity index (χ0v) is 20.2. The summed E-state index contributed by atoms with van der Waals surface area (Å²) in [4.78, 5) is 40.6. The molecule has 9 heteroatoms. The Morgan fingerprint density at radius 2 is 1.78 bits per heavy atom. The minimum Gasteiger partial charge on any atom is -0.478 e. The van der Waals surface area contributed by atoms with Gasteiger partial charge in [0.25, 0.3) is 0 Å². The van der Waals surface area contributed by atoms with E-state index in [2.05, 4.69) is 22.5 Å². The molecule has 0 aliphatic carbocycles. The predicted molar refractivity (Wildman–Crippen MR) is 133 cm³/mol. The van der Waals surface area contributed by atoms with Crippen molar-refractivity contribution >= 4 is 18.0 Å². The molecule has 1 atom stereocenters. The third-order valence-electron chi connectivity index (χ3n) is 5.50. The lowest BCUT2D eigenvalue weighted by Crippen LogP contribution is -2.48. The molecule has 0 spiro atoms. The van der Waals surface area contributed by atoms with Crippen molar-refractivity contribution in [2.24, 2.45) is 0 Å². The van der Waals surface area contributed by atoms with E-state index in [-0.39, 0.29) is 30.4 Å². The highest BCUT2D eigenvalue weighted by atomic mass is 16.5. The van der Waals surface area contributed by atoms with Crippen molar-refractivity contribution in [1.29, 1.82) is 0 Å². The van der Waals surface area contributed by atoms with Crippen LogP contribution < -0.4 is 10.6 Å². The van der Waals surface area contributed by atoms with Gasteiger partial charge in [-0.05, 0) is 24.1 Å². The number of aromatic carboxylic acids is 1. The normalized spacial score (nSPS) is 11.5. The van der Waals surface area contributed by atoms with Crippen LogP contribution in [0.5, 0.6) is 0 Å². The number of carbonyl (C=O) groups excluding carboxylic acids is 2. The number of ether oxygens (including phenoxy) is 1. The number of carboxylic acid groups (broad SMARTS) is 1. The van der Waals surface area contributed by atoms with Gasteiger partial charge < -0.3 is 24.9 Å². The topological polar surface area (TPSA) is 131 Å². The fraction of sp³-hybridized carbons (Fsp3) is 0.333. The maximum absolute atomic E-state index is 12.9. The van der Waals surface area contributed by atoms with E-state index in [4.69, 9.17) is 14.3 Å². The van der Waals surface area contributed by atoms with E-state index in [9.17, 15) is 14.4 Å². The van der Waals surface area contributed by atoms with Crippen molar-refractivity contribution in [3.8, 4) is 11.3 Å². The maximum Gasteiger partial charge on any atom is 0.408 e. The summed E-state index contributed by atoms with van der Waals surface area (Å²) in [7, 11) is 0. The van der Waals surface area contributed by atoms with Crippen LogP contribution in [0.3, 0.4) is 0 Å². The smallest absolute Gasteiger partial charge is 0.408 e. The molecule has 0 aliphatic heterocycles. The molecule has 0 aliphatic rings. The van der Waals surface area contributed by atoms with Gasteiger partial charge in [0.05, 0.1) is 18.2 Å². The number of oxazole rings is 1. The fourth-order valence-corrected chi connectivity index (χ4v) is 3.49. The van der Waals surface area contributed by atoms with E-state index in [1.807, 2.05) is 30.3 Å². The van der Waals surface area contributed by atoms with Gasteiger partial charge in [0.1, 0.15) is 12.6 Å². The molecule has 0 saturated heterocycles. The van der Waals surface area contributed by atoms with E-state index in [0.717, 1.165) is 31.2 Å². The number of benzene rings is 2. The van der Waals surface area contributed by atoms with Gasteiger partial charge in [-0.2, -0.15) is 0 Å². The van der Waals surface area contributed by atoms with Crippen LogP contribution in [0, 0.1) is 0 Å². The largest absolute Gasteiger partial charge is 0.478 e. The third kappa shape index (κ3) is 8.26. The van der Waals surface area contributed by atoms with E-state index < -0.39 is 18.1 Å². The van der Waals surface area contributed by atoms with Gasteiger partial charge in [0, 0.05) is 12.1 Å². The second kappa shape index (κ2) is 13.7. The first-order valence-electron chi connectivity index (χ1n) is 12.0. The first-order chi connectivity index (χ1) is 17.5. The van der Waals surface area contributed by atoms with Gasteiger partial charge in [0.15, 0.2) is 11.7 Å². The van der Waals surface area contributed by atoms with Crippen LogP contribution in [0.4, 0.5) is 4.79 Å². The minimum absolute atomic E-state index is 0.0223. The van der Waals surface area contributed by atoms with E-state index in [1.165, 1.54) is 18.3 Å². The SMILES string of the molecule is CCCCCCNC(=O)C(Cc1ncc(-c2ccc(C(=O)O)cc2)o1)NC(=O)OCc1ccccc1. The monoisotopic (exact) mass is 493 g/mol. The second-order valence-corrected chi connectivity index (χ2v) is 8.32. The zero-order chi connectivity index (χ0) is 25.8. The number of aromatic nitrogens is 1. The van der Waals surface area contributed by atoms with Crippen molar-refractivity contribution < 1.29 is 28.6 Å². The Bertz CT molecular complexity index is 1130. The number of nitrogens with zero attached hydrogens (tertiary/aromatic N) is 1. The van der Waals surface area contributed by atoms with Crippen LogP contribution in [0.15, 0.2) is 65.2 Å². The van der Waals surface area contributed by atoms with E-state index in [1.54, 1.807) is 12.1 Å². The molecule has 3 N–H and O–H groups in total. The predicted octanol–water partition coefficient (Wildman–Crippen LogP) is 4.57. The van der Waals surface area contributed by atoms with E-state index >= 15 is 0 Å². The number of amides is 2. The Hall–Kier alpha value is -4.14. The number of carbonyl (C=O) groups is 3. The Morgan fingerprint density at radius 3 is 2.47 bits per heavy atom. The first-order valence-corrected chi connectivity index (χ1v) is 12.0. The quantitative estimate of drug-likeness (QED) is 0.297. The maximum atomic E-state index is 12.9. The Balaban J connectivity index is 1.64. The highest BCUT2D eigenvalue weighted by molar-refractivity contribution is 5.88. The number of nitrogens with one attached hydrogen (secondary N) is 2. The van der Waals surface area contributed by atoms with Crippen molar-refractivity contribution in [1.82, 2.24) is 15.6 Å². The molecule has 36 heavy (non-hydrogen) atoms. The van der Waals surface area contributed by atoms with Crippen LogP contribution in [-0.2, 0) is 22.6 Å². The molecule has 1 heterocycles. The van der Waals surface area contributed by atoms with Crippen molar-refractivity contribution in [3.63, 3.8) is 0 Å². The molecule has 2 aromatic carbocycles. The van der Waals surface area contributed by atoms with Crippen molar-refractivity contribution in [2.45, 2.75) is 51.7 Å². The molecule has 0 radical (unpaired) electrons. The summed E-state index contributed by atoms with van der Waals surface area (Å²) in [5.41, 5.74) is 1.63. The highest BCUT2D eigenvalue weighted by Crippen LogP contribution is 2.21. The van der Waals surface area contributed by atoms with Gasteiger partial charge in [-0.1, -0.05) is 68.7 Å². The molecule has 190 valence electrons. The summed E-state index contributed by atoms with van der Waals surface area (Å²) >= 11 is 0.